The van der Waals surface area contributed by atoms with E-state index < -0.39 is 0 Å². The molecule has 86 valence electrons. The zero-order chi connectivity index (χ0) is 10.7. The summed E-state index contributed by atoms with van der Waals surface area (Å²) in [5.74, 6) is 0.183. The zero-order valence-corrected chi connectivity index (χ0v) is 9.13. The molecule has 0 aromatic rings. The summed E-state index contributed by atoms with van der Waals surface area (Å²) in [5.41, 5.74) is 5.61. The fourth-order valence-corrected chi connectivity index (χ4v) is 2.29. The van der Waals surface area contributed by atoms with Crippen molar-refractivity contribution in [3.05, 3.63) is 0 Å². The van der Waals surface area contributed by atoms with E-state index in [9.17, 15) is 4.79 Å². The molecule has 0 bridgehead atoms. The van der Waals surface area contributed by atoms with Crippen LogP contribution in [0.4, 0.5) is 0 Å². The van der Waals surface area contributed by atoms with Crippen molar-refractivity contribution in [1.82, 2.24) is 5.32 Å². The molecule has 0 spiro atoms. The number of carbonyl (C=O) groups is 1. The molecule has 1 unspecified atom stereocenters. The fourth-order valence-electron chi connectivity index (χ4n) is 2.29. The number of rotatable bonds is 3. The third-order valence-corrected chi connectivity index (χ3v) is 3.62. The molecule has 1 saturated carbocycles. The molecule has 3 N–H and O–H groups in total. The summed E-state index contributed by atoms with van der Waals surface area (Å²) in [6.45, 7) is 1.94. The van der Waals surface area contributed by atoms with Gasteiger partial charge >= 0.3 is 0 Å². The Morgan fingerprint density at radius 2 is 2.27 bits per heavy atom. The van der Waals surface area contributed by atoms with Crippen molar-refractivity contribution in [3.63, 3.8) is 0 Å². The van der Waals surface area contributed by atoms with Crippen LogP contribution in [-0.4, -0.2) is 31.2 Å². The van der Waals surface area contributed by atoms with Gasteiger partial charge in [-0.05, 0) is 32.1 Å². The number of ether oxygens (including phenoxy) is 1. The lowest BCUT2D eigenvalue weighted by molar-refractivity contribution is -0.132. The largest absolute Gasteiger partial charge is 0.381 e. The Morgan fingerprint density at radius 3 is 2.73 bits per heavy atom. The second-order valence-electron chi connectivity index (χ2n) is 4.74. The van der Waals surface area contributed by atoms with Gasteiger partial charge in [0.1, 0.15) is 0 Å². The molecule has 0 aromatic heterocycles. The lowest BCUT2D eigenvalue weighted by atomic mass is 9.76. The highest BCUT2D eigenvalue weighted by Crippen LogP contribution is 2.31. The van der Waals surface area contributed by atoms with Gasteiger partial charge in [-0.25, -0.2) is 0 Å². The van der Waals surface area contributed by atoms with Crippen LogP contribution in [0.1, 0.15) is 32.1 Å². The van der Waals surface area contributed by atoms with Crippen molar-refractivity contribution in [2.24, 2.45) is 11.7 Å². The normalized spacial score (nSPS) is 29.3. The van der Waals surface area contributed by atoms with Crippen LogP contribution < -0.4 is 11.1 Å². The minimum atomic E-state index is -0.0888. The Bertz CT molecular complexity index is 227. The Balaban J connectivity index is 1.85. The van der Waals surface area contributed by atoms with Crippen molar-refractivity contribution < 1.29 is 9.53 Å². The first-order valence-corrected chi connectivity index (χ1v) is 5.86. The fraction of sp³-hybridized carbons (Fsp3) is 0.909. The third-order valence-electron chi connectivity index (χ3n) is 3.62. The van der Waals surface area contributed by atoms with Crippen LogP contribution in [0.15, 0.2) is 0 Å². The second kappa shape index (κ2) is 4.49. The van der Waals surface area contributed by atoms with E-state index in [1.54, 1.807) is 0 Å². The Labute approximate surface area is 90.5 Å². The molecule has 2 rings (SSSR count). The van der Waals surface area contributed by atoms with Gasteiger partial charge in [0.15, 0.2) is 0 Å². The summed E-state index contributed by atoms with van der Waals surface area (Å²) in [5, 5.41) is 3.11. The molecule has 1 aliphatic carbocycles. The highest BCUT2D eigenvalue weighted by molar-refractivity contribution is 5.79. The maximum Gasteiger partial charge on any atom is 0.225 e. The molecule has 15 heavy (non-hydrogen) atoms. The van der Waals surface area contributed by atoms with Crippen LogP contribution >= 0.6 is 0 Å². The summed E-state index contributed by atoms with van der Waals surface area (Å²) >= 11 is 0. The standard InChI is InChI=1S/C11H20N2O2/c12-8-11(4-2-5-11)13-10(14)9-3-1-6-15-7-9/h9H,1-8,12H2,(H,13,14). The van der Waals surface area contributed by atoms with Gasteiger partial charge in [0.25, 0.3) is 0 Å². The summed E-state index contributed by atoms with van der Waals surface area (Å²) in [7, 11) is 0. The van der Waals surface area contributed by atoms with Gasteiger partial charge in [-0.3, -0.25) is 4.79 Å². The van der Waals surface area contributed by atoms with E-state index in [0.29, 0.717) is 13.2 Å². The quantitative estimate of drug-likeness (QED) is 0.712. The van der Waals surface area contributed by atoms with Crippen LogP contribution in [0.25, 0.3) is 0 Å². The van der Waals surface area contributed by atoms with Crippen LogP contribution in [-0.2, 0) is 9.53 Å². The van der Waals surface area contributed by atoms with E-state index in [1.165, 1.54) is 6.42 Å². The molecule has 1 atom stereocenters. The van der Waals surface area contributed by atoms with E-state index in [1.807, 2.05) is 0 Å². The van der Waals surface area contributed by atoms with Crippen molar-refractivity contribution in [1.29, 1.82) is 0 Å². The van der Waals surface area contributed by atoms with E-state index in [4.69, 9.17) is 10.5 Å². The van der Waals surface area contributed by atoms with Crippen LogP contribution in [0.3, 0.4) is 0 Å². The van der Waals surface area contributed by atoms with E-state index in [-0.39, 0.29) is 17.4 Å². The first-order chi connectivity index (χ1) is 7.26. The smallest absolute Gasteiger partial charge is 0.225 e. The van der Waals surface area contributed by atoms with E-state index in [2.05, 4.69) is 5.32 Å². The third kappa shape index (κ3) is 2.32. The minimum absolute atomic E-state index is 0.0442. The molecule has 1 aliphatic heterocycles. The molecule has 1 amide bonds. The predicted molar refractivity (Wildman–Crippen MR) is 57.3 cm³/mol. The summed E-state index contributed by atoms with van der Waals surface area (Å²) in [6.07, 6.45) is 5.18. The first-order valence-electron chi connectivity index (χ1n) is 5.86. The molecule has 2 aliphatic rings. The zero-order valence-electron chi connectivity index (χ0n) is 9.13. The van der Waals surface area contributed by atoms with Gasteiger partial charge in [0.2, 0.25) is 5.91 Å². The van der Waals surface area contributed by atoms with Crippen molar-refractivity contribution in [2.75, 3.05) is 19.8 Å². The van der Waals surface area contributed by atoms with Gasteiger partial charge in [-0.15, -0.1) is 0 Å². The molecule has 2 fully saturated rings. The minimum Gasteiger partial charge on any atom is -0.381 e. The summed E-state index contributed by atoms with van der Waals surface area (Å²) < 4.78 is 5.31. The number of nitrogens with two attached hydrogens (primary N) is 1. The van der Waals surface area contributed by atoms with E-state index >= 15 is 0 Å². The van der Waals surface area contributed by atoms with Crippen LogP contribution in [0, 0.1) is 5.92 Å². The Morgan fingerprint density at radius 1 is 1.47 bits per heavy atom. The average molecular weight is 212 g/mol. The van der Waals surface area contributed by atoms with E-state index in [0.717, 1.165) is 32.3 Å². The predicted octanol–water partition coefficient (Wildman–Crippen LogP) is 0.411. The maximum atomic E-state index is 11.9. The molecule has 4 nitrogen and oxygen atoms in total. The second-order valence-corrected chi connectivity index (χ2v) is 4.74. The number of amides is 1. The molecular weight excluding hydrogens is 192 g/mol. The van der Waals surface area contributed by atoms with Crippen molar-refractivity contribution in [3.8, 4) is 0 Å². The van der Waals surface area contributed by atoms with Crippen molar-refractivity contribution >= 4 is 5.91 Å². The monoisotopic (exact) mass is 212 g/mol. The van der Waals surface area contributed by atoms with Gasteiger partial charge < -0.3 is 15.8 Å². The lowest BCUT2D eigenvalue weighted by Crippen LogP contribution is -2.59. The number of carbonyl (C=O) groups excluding carboxylic acids is 1. The number of hydrogen-bond acceptors (Lipinski definition) is 3. The highest BCUT2D eigenvalue weighted by atomic mass is 16.5. The topological polar surface area (TPSA) is 64.3 Å². The van der Waals surface area contributed by atoms with Crippen molar-refractivity contribution in [2.45, 2.75) is 37.6 Å². The molecule has 4 heteroatoms. The average Bonchev–Trinajstić information content (AvgIpc) is 2.24. The molecular formula is C11H20N2O2. The lowest BCUT2D eigenvalue weighted by Gasteiger charge is -2.42. The SMILES string of the molecule is NCC1(NC(=O)C2CCCOC2)CCC1. The summed E-state index contributed by atoms with van der Waals surface area (Å²) in [4.78, 5) is 11.9. The number of nitrogens with one attached hydrogen (secondary N) is 1. The van der Waals surface area contributed by atoms with Gasteiger partial charge in [0, 0.05) is 13.2 Å². The Hall–Kier alpha value is -0.610. The van der Waals surface area contributed by atoms with Crippen LogP contribution in [0.5, 0.6) is 0 Å². The molecule has 0 radical (unpaired) electrons. The maximum absolute atomic E-state index is 11.9. The Kier molecular flexibility index (Phi) is 3.26. The molecule has 0 aromatic carbocycles. The van der Waals surface area contributed by atoms with Gasteiger partial charge in [-0.2, -0.15) is 0 Å². The van der Waals surface area contributed by atoms with Crippen LogP contribution in [0.2, 0.25) is 0 Å². The molecule has 1 heterocycles. The van der Waals surface area contributed by atoms with Gasteiger partial charge in [-0.1, -0.05) is 0 Å². The molecule has 1 saturated heterocycles. The van der Waals surface area contributed by atoms with Gasteiger partial charge in [0.05, 0.1) is 18.1 Å². The first kappa shape index (κ1) is 10.9. The summed E-state index contributed by atoms with van der Waals surface area (Å²) in [6, 6.07) is 0. The highest BCUT2D eigenvalue weighted by Gasteiger charge is 2.38. The number of hydrogen-bond donors (Lipinski definition) is 2.